The highest BCUT2D eigenvalue weighted by Gasteiger charge is 2.55. The van der Waals surface area contributed by atoms with Crippen molar-refractivity contribution in [3.05, 3.63) is 0 Å². The van der Waals surface area contributed by atoms with E-state index in [2.05, 4.69) is 0 Å². The fraction of sp³-hybridized carbons (Fsp3) is 0.923. The van der Waals surface area contributed by atoms with Crippen LogP contribution in [0.15, 0.2) is 0 Å². The number of ether oxygens (including phenoxy) is 1. The molecule has 2 fully saturated rings. The van der Waals surface area contributed by atoms with Crippen LogP contribution in [0.25, 0.3) is 0 Å². The van der Waals surface area contributed by atoms with Gasteiger partial charge in [0.2, 0.25) is 0 Å². The molecule has 2 aliphatic rings. The van der Waals surface area contributed by atoms with E-state index in [4.69, 9.17) is 4.74 Å². The smallest absolute Gasteiger partial charge is 0.309 e. The number of fused-ring (bicyclic) bond motifs is 2. The Labute approximate surface area is 97.2 Å². The minimum atomic E-state index is -0.559. The van der Waals surface area contributed by atoms with Gasteiger partial charge in [-0.1, -0.05) is 6.42 Å². The van der Waals surface area contributed by atoms with Gasteiger partial charge in [0.05, 0.1) is 5.41 Å². The van der Waals surface area contributed by atoms with Crippen LogP contribution in [0.2, 0.25) is 0 Å². The van der Waals surface area contributed by atoms with Crippen molar-refractivity contribution in [3.8, 4) is 0 Å². The van der Waals surface area contributed by atoms with E-state index in [-0.39, 0.29) is 0 Å². The van der Waals surface area contributed by atoms with Crippen LogP contribution in [0.3, 0.4) is 0 Å². The van der Waals surface area contributed by atoms with Gasteiger partial charge in [-0.2, -0.15) is 0 Å². The SMILES string of the molecule is CCOCCCC1(C(=O)O)CC2CCC1C2. The number of hydrogen-bond donors (Lipinski definition) is 1. The molecule has 0 heterocycles. The molecule has 92 valence electrons. The third-order valence-electron chi connectivity index (χ3n) is 4.52. The molecule has 0 aromatic rings. The van der Waals surface area contributed by atoms with Crippen LogP contribution < -0.4 is 0 Å². The van der Waals surface area contributed by atoms with E-state index < -0.39 is 11.4 Å². The number of carboxylic acid groups (broad SMARTS) is 1. The number of hydrogen-bond acceptors (Lipinski definition) is 2. The molecule has 2 rings (SSSR count). The molecule has 0 spiro atoms. The number of rotatable bonds is 6. The van der Waals surface area contributed by atoms with Crippen molar-refractivity contribution in [3.63, 3.8) is 0 Å². The highest BCUT2D eigenvalue weighted by atomic mass is 16.5. The van der Waals surface area contributed by atoms with Gasteiger partial charge in [-0.15, -0.1) is 0 Å². The lowest BCUT2D eigenvalue weighted by molar-refractivity contribution is -0.153. The Hall–Kier alpha value is -0.570. The minimum Gasteiger partial charge on any atom is -0.481 e. The van der Waals surface area contributed by atoms with E-state index in [9.17, 15) is 9.90 Å². The maximum Gasteiger partial charge on any atom is 0.309 e. The average molecular weight is 226 g/mol. The Balaban J connectivity index is 1.93. The molecule has 0 aromatic heterocycles. The molecule has 0 aliphatic heterocycles. The van der Waals surface area contributed by atoms with Gasteiger partial charge in [0, 0.05) is 13.2 Å². The molecule has 2 saturated carbocycles. The summed E-state index contributed by atoms with van der Waals surface area (Å²) in [7, 11) is 0. The Morgan fingerprint density at radius 3 is 2.81 bits per heavy atom. The third kappa shape index (κ3) is 1.97. The van der Waals surface area contributed by atoms with Crippen molar-refractivity contribution in [2.24, 2.45) is 17.3 Å². The number of carboxylic acids is 1. The van der Waals surface area contributed by atoms with Gasteiger partial charge in [0.15, 0.2) is 0 Å². The van der Waals surface area contributed by atoms with Crippen molar-refractivity contribution in [2.45, 2.75) is 45.4 Å². The van der Waals surface area contributed by atoms with E-state index in [1.807, 2.05) is 6.92 Å². The largest absolute Gasteiger partial charge is 0.481 e. The quantitative estimate of drug-likeness (QED) is 0.708. The molecule has 3 heteroatoms. The lowest BCUT2D eigenvalue weighted by atomic mass is 9.70. The van der Waals surface area contributed by atoms with Crippen LogP contribution in [0, 0.1) is 17.3 Å². The van der Waals surface area contributed by atoms with E-state index in [0.717, 1.165) is 38.7 Å². The molecular formula is C13H22O3. The van der Waals surface area contributed by atoms with Gasteiger partial charge in [0.1, 0.15) is 0 Å². The molecule has 0 aromatic carbocycles. The summed E-state index contributed by atoms with van der Waals surface area (Å²) in [4.78, 5) is 11.5. The van der Waals surface area contributed by atoms with Crippen LogP contribution in [-0.2, 0) is 9.53 Å². The molecule has 0 saturated heterocycles. The normalized spacial score (nSPS) is 36.8. The Morgan fingerprint density at radius 1 is 1.50 bits per heavy atom. The fourth-order valence-electron chi connectivity index (χ4n) is 3.75. The summed E-state index contributed by atoms with van der Waals surface area (Å²) in [5.41, 5.74) is -0.403. The van der Waals surface area contributed by atoms with Crippen molar-refractivity contribution in [1.29, 1.82) is 0 Å². The topological polar surface area (TPSA) is 46.5 Å². The molecular weight excluding hydrogens is 204 g/mol. The standard InChI is InChI=1S/C13H22O3/c1-2-16-7-3-6-13(12(14)15)9-10-4-5-11(13)8-10/h10-11H,2-9H2,1H3,(H,14,15). The molecule has 1 N–H and O–H groups in total. The van der Waals surface area contributed by atoms with Crippen molar-refractivity contribution in [1.82, 2.24) is 0 Å². The van der Waals surface area contributed by atoms with E-state index in [0.29, 0.717) is 18.4 Å². The second-order valence-corrected chi connectivity index (χ2v) is 5.34. The second kappa shape index (κ2) is 4.74. The first-order valence-corrected chi connectivity index (χ1v) is 6.50. The lowest BCUT2D eigenvalue weighted by Crippen LogP contribution is -2.36. The van der Waals surface area contributed by atoms with Gasteiger partial charge in [-0.05, 0) is 50.9 Å². The summed E-state index contributed by atoms with van der Waals surface area (Å²) in [6.45, 7) is 3.42. The van der Waals surface area contributed by atoms with E-state index in [1.54, 1.807) is 0 Å². The molecule has 0 amide bonds. The Bertz CT molecular complexity index is 264. The number of carbonyl (C=O) groups is 1. The minimum absolute atomic E-state index is 0.403. The first kappa shape index (κ1) is 11.9. The van der Waals surface area contributed by atoms with Gasteiger partial charge < -0.3 is 9.84 Å². The van der Waals surface area contributed by atoms with E-state index >= 15 is 0 Å². The zero-order chi connectivity index (χ0) is 11.6. The van der Waals surface area contributed by atoms with Crippen LogP contribution in [0.1, 0.15) is 45.4 Å². The summed E-state index contributed by atoms with van der Waals surface area (Å²) in [6.07, 6.45) is 6.16. The predicted molar refractivity (Wildman–Crippen MR) is 61.2 cm³/mol. The molecule has 3 unspecified atom stereocenters. The van der Waals surface area contributed by atoms with Gasteiger partial charge in [0.25, 0.3) is 0 Å². The molecule has 3 nitrogen and oxygen atoms in total. The molecule has 0 radical (unpaired) electrons. The first-order valence-electron chi connectivity index (χ1n) is 6.50. The highest BCUT2D eigenvalue weighted by Crippen LogP contribution is 2.58. The maximum atomic E-state index is 11.5. The fourth-order valence-corrected chi connectivity index (χ4v) is 3.75. The summed E-state index contributed by atoms with van der Waals surface area (Å²) < 4.78 is 5.31. The number of aliphatic carboxylic acids is 1. The van der Waals surface area contributed by atoms with Crippen LogP contribution in [0.4, 0.5) is 0 Å². The predicted octanol–water partition coefficient (Wildman–Crippen LogP) is 2.69. The summed E-state index contributed by atoms with van der Waals surface area (Å²) in [5.74, 6) is 0.570. The highest BCUT2D eigenvalue weighted by molar-refractivity contribution is 5.75. The second-order valence-electron chi connectivity index (χ2n) is 5.34. The Morgan fingerprint density at radius 2 is 2.31 bits per heavy atom. The third-order valence-corrected chi connectivity index (χ3v) is 4.52. The zero-order valence-electron chi connectivity index (χ0n) is 10.1. The van der Waals surface area contributed by atoms with E-state index in [1.165, 1.54) is 6.42 Å². The van der Waals surface area contributed by atoms with Crippen molar-refractivity contribution in [2.75, 3.05) is 13.2 Å². The van der Waals surface area contributed by atoms with Crippen LogP contribution in [-0.4, -0.2) is 24.3 Å². The molecule has 2 bridgehead atoms. The summed E-state index contributed by atoms with van der Waals surface area (Å²) >= 11 is 0. The van der Waals surface area contributed by atoms with Crippen LogP contribution >= 0.6 is 0 Å². The molecule has 2 aliphatic carbocycles. The first-order chi connectivity index (χ1) is 7.69. The van der Waals surface area contributed by atoms with Crippen LogP contribution in [0.5, 0.6) is 0 Å². The van der Waals surface area contributed by atoms with Gasteiger partial charge in [-0.3, -0.25) is 4.79 Å². The monoisotopic (exact) mass is 226 g/mol. The lowest BCUT2D eigenvalue weighted by Gasteiger charge is -2.33. The van der Waals surface area contributed by atoms with Gasteiger partial charge >= 0.3 is 5.97 Å². The van der Waals surface area contributed by atoms with Gasteiger partial charge in [-0.25, -0.2) is 0 Å². The van der Waals surface area contributed by atoms with Crippen molar-refractivity contribution >= 4 is 5.97 Å². The molecule has 3 atom stereocenters. The zero-order valence-corrected chi connectivity index (χ0v) is 10.1. The van der Waals surface area contributed by atoms with Crippen molar-refractivity contribution < 1.29 is 14.6 Å². The summed E-state index contributed by atoms with van der Waals surface area (Å²) in [6, 6.07) is 0. The Kier molecular flexibility index (Phi) is 3.53. The maximum absolute atomic E-state index is 11.5. The summed E-state index contributed by atoms with van der Waals surface area (Å²) in [5, 5.41) is 9.50. The molecule has 16 heavy (non-hydrogen) atoms. The average Bonchev–Trinajstić information content (AvgIpc) is 2.84.